The summed E-state index contributed by atoms with van der Waals surface area (Å²) in [5, 5.41) is 14.2. The second kappa shape index (κ2) is 7.56. The topological polar surface area (TPSA) is 114 Å². The molecule has 156 valence electrons. The first-order chi connectivity index (χ1) is 14.4. The molecule has 1 aromatic carbocycles. The summed E-state index contributed by atoms with van der Waals surface area (Å²) in [6, 6.07) is 9.60. The maximum absolute atomic E-state index is 13.4. The van der Waals surface area contributed by atoms with Gasteiger partial charge in [-0.1, -0.05) is 38.8 Å². The summed E-state index contributed by atoms with van der Waals surface area (Å²) < 4.78 is 30.6. The Morgan fingerprint density at radius 3 is 2.60 bits per heavy atom. The molecule has 9 heteroatoms. The maximum Gasteiger partial charge on any atom is 0.286 e. The lowest BCUT2D eigenvalue weighted by molar-refractivity contribution is 0.415. The molecule has 0 amide bonds. The largest absolute Gasteiger partial charge is 0.506 e. The van der Waals surface area contributed by atoms with E-state index in [1.165, 1.54) is 10.6 Å². The number of nitrogens with one attached hydrogen (secondary N) is 1. The van der Waals surface area contributed by atoms with Gasteiger partial charge in [0, 0.05) is 12.7 Å². The van der Waals surface area contributed by atoms with Gasteiger partial charge in [0.25, 0.3) is 15.6 Å². The van der Waals surface area contributed by atoms with Crippen molar-refractivity contribution in [3.8, 4) is 5.75 Å². The van der Waals surface area contributed by atoms with Crippen molar-refractivity contribution in [2.45, 2.75) is 38.1 Å². The Morgan fingerprint density at radius 2 is 1.87 bits per heavy atom. The Kier molecular flexibility index (Phi) is 5.07. The molecule has 4 rings (SSSR count). The van der Waals surface area contributed by atoms with Crippen molar-refractivity contribution < 1.29 is 13.5 Å². The molecule has 3 aromatic rings. The predicted octanol–water partition coefficient (Wildman–Crippen LogP) is 3.10. The van der Waals surface area contributed by atoms with Gasteiger partial charge in [0.05, 0.1) is 11.1 Å². The van der Waals surface area contributed by atoms with Gasteiger partial charge in [-0.3, -0.25) is 9.36 Å². The minimum Gasteiger partial charge on any atom is -0.506 e. The highest BCUT2D eigenvalue weighted by Crippen LogP contribution is 2.32. The fraction of sp³-hybridized carbons (Fsp3) is 0.286. The van der Waals surface area contributed by atoms with E-state index < -0.39 is 15.6 Å². The van der Waals surface area contributed by atoms with Crippen LogP contribution in [0.4, 0.5) is 5.69 Å². The Balaban J connectivity index is 1.99. The number of hydrogen-bond acceptors (Lipinski definition) is 6. The smallest absolute Gasteiger partial charge is 0.286 e. The van der Waals surface area contributed by atoms with Crippen LogP contribution in [0.3, 0.4) is 0 Å². The zero-order chi connectivity index (χ0) is 21.5. The predicted molar refractivity (Wildman–Crippen MR) is 116 cm³/mol. The minimum atomic E-state index is -4.02. The number of nitrogens with zero attached hydrogens (tertiary/aromatic N) is 3. The van der Waals surface area contributed by atoms with Gasteiger partial charge < -0.3 is 10.4 Å². The number of aromatic nitrogens is 2. The lowest BCUT2D eigenvalue weighted by Gasteiger charge is -2.21. The van der Waals surface area contributed by atoms with E-state index >= 15 is 0 Å². The van der Waals surface area contributed by atoms with Gasteiger partial charge in [-0.25, -0.2) is 4.98 Å². The van der Waals surface area contributed by atoms with E-state index in [9.17, 15) is 18.3 Å². The molecule has 8 nitrogen and oxygen atoms in total. The molecule has 0 spiro atoms. The van der Waals surface area contributed by atoms with E-state index in [0.29, 0.717) is 23.3 Å². The van der Waals surface area contributed by atoms with Gasteiger partial charge in [-0.05, 0) is 30.2 Å². The molecule has 0 bridgehead atoms. The van der Waals surface area contributed by atoms with Gasteiger partial charge in [0.2, 0.25) is 0 Å². The fourth-order valence-corrected chi connectivity index (χ4v) is 4.80. The second-order valence-corrected chi connectivity index (χ2v) is 8.81. The number of sulfonamides is 1. The average molecular weight is 426 g/mol. The van der Waals surface area contributed by atoms with Crippen molar-refractivity contribution in [3.63, 3.8) is 0 Å². The number of rotatable bonds is 5. The zero-order valence-electron chi connectivity index (χ0n) is 16.7. The first kappa shape index (κ1) is 20.1. The van der Waals surface area contributed by atoms with Gasteiger partial charge in [0.1, 0.15) is 21.9 Å². The molecule has 0 aliphatic carbocycles. The van der Waals surface area contributed by atoms with Gasteiger partial charge in [-0.15, -0.1) is 4.40 Å². The molecule has 1 aliphatic rings. The van der Waals surface area contributed by atoms with Crippen molar-refractivity contribution in [2.24, 2.45) is 10.3 Å². The number of benzene rings is 1. The standard InChI is InChI=1S/C21H22N4O4S/c1-3-13(4-2)12-25-20-14(8-7-11-22-20)18(26)17(21(25)27)19-23-15-9-5-6-10-16(15)30(28,29)24-19/h5-11,13,26H,3-4,12H2,1-2H3,(H,23,24). The quantitative estimate of drug-likeness (QED) is 0.648. The zero-order valence-corrected chi connectivity index (χ0v) is 17.5. The Morgan fingerprint density at radius 1 is 1.13 bits per heavy atom. The fourth-order valence-electron chi connectivity index (χ4n) is 3.67. The van der Waals surface area contributed by atoms with E-state index in [1.807, 2.05) is 13.8 Å². The summed E-state index contributed by atoms with van der Waals surface area (Å²) in [6.45, 7) is 4.50. The lowest BCUT2D eigenvalue weighted by atomic mass is 10.0. The third-order valence-electron chi connectivity index (χ3n) is 5.46. The summed E-state index contributed by atoms with van der Waals surface area (Å²) >= 11 is 0. The van der Waals surface area contributed by atoms with Crippen molar-refractivity contribution in [1.29, 1.82) is 0 Å². The molecule has 30 heavy (non-hydrogen) atoms. The molecule has 1 aliphatic heterocycles. The van der Waals surface area contributed by atoms with Gasteiger partial charge in [-0.2, -0.15) is 8.42 Å². The van der Waals surface area contributed by atoms with Gasteiger partial charge in [0.15, 0.2) is 5.84 Å². The first-order valence-corrected chi connectivity index (χ1v) is 11.2. The molecule has 0 saturated heterocycles. The molecule has 3 heterocycles. The van der Waals surface area contributed by atoms with Crippen LogP contribution in [-0.2, 0) is 16.6 Å². The Bertz CT molecular complexity index is 1320. The van der Waals surface area contributed by atoms with E-state index in [1.54, 1.807) is 36.5 Å². The van der Waals surface area contributed by atoms with Crippen LogP contribution in [-0.4, -0.2) is 28.9 Å². The summed E-state index contributed by atoms with van der Waals surface area (Å²) in [6.07, 6.45) is 3.30. The molecule has 2 N–H and O–H groups in total. The second-order valence-electron chi connectivity index (χ2n) is 7.23. The summed E-state index contributed by atoms with van der Waals surface area (Å²) in [5.74, 6) is -0.305. The number of para-hydroxylation sites is 1. The molecular formula is C21H22N4O4S. The van der Waals surface area contributed by atoms with E-state index in [4.69, 9.17) is 0 Å². The minimum absolute atomic E-state index is 0.0213. The highest BCUT2D eigenvalue weighted by Gasteiger charge is 2.30. The van der Waals surface area contributed by atoms with Crippen LogP contribution in [0.1, 0.15) is 32.3 Å². The van der Waals surface area contributed by atoms with Crippen LogP contribution < -0.4 is 10.9 Å². The third-order valence-corrected chi connectivity index (χ3v) is 6.79. The molecule has 0 saturated carbocycles. The van der Waals surface area contributed by atoms with Crippen molar-refractivity contribution in [1.82, 2.24) is 9.55 Å². The molecule has 2 aromatic heterocycles. The van der Waals surface area contributed by atoms with Crippen LogP contribution in [0, 0.1) is 5.92 Å². The van der Waals surface area contributed by atoms with Crippen LogP contribution >= 0.6 is 0 Å². The van der Waals surface area contributed by atoms with Crippen LogP contribution in [0.15, 0.2) is 56.7 Å². The summed E-state index contributed by atoms with van der Waals surface area (Å²) in [5.41, 5.74) is -0.0552. The monoisotopic (exact) mass is 426 g/mol. The van der Waals surface area contributed by atoms with E-state index in [0.717, 1.165) is 12.8 Å². The first-order valence-electron chi connectivity index (χ1n) is 9.79. The Hall–Kier alpha value is -3.20. The highest BCUT2D eigenvalue weighted by atomic mass is 32.2. The van der Waals surface area contributed by atoms with E-state index in [2.05, 4.69) is 14.7 Å². The number of hydrogen-bond donors (Lipinski definition) is 2. The third kappa shape index (κ3) is 3.24. The maximum atomic E-state index is 13.4. The normalized spacial score (nSPS) is 15.0. The summed E-state index contributed by atoms with van der Waals surface area (Å²) in [7, 11) is -4.02. The molecule has 0 unspecified atom stereocenters. The summed E-state index contributed by atoms with van der Waals surface area (Å²) in [4.78, 5) is 17.8. The van der Waals surface area contributed by atoms with Crippen molar-refractivity contribution >= 4 is 32.6 Å². The van der Waals surface area contributed by atoms with Gasteiger partial charge >= 0.3 is 0 Å². The number of anilines is 1. The number of pyridine rings is 2. The van der Waals surface area contributed by atoms with E-state index in [-0.39, 0.29) is 28.0 Å². The molecule has 0 atom stereocenters. The Labute approximate surface area is 174 Å². The number of aromatic hydroxyl groups is 1. The highest BCUT2D eigenvalue weighted by molar-refractivity contribution is 7.90. The number of fused-ring (bicyclic) bond motifs is 2. The molecule has 0 fully saturated rings. The van der Waals surface area contributed by atoms with Crippen LogP contribution in [0.25, 0.3) is 11.0 Å². The average Bonchev–Trinajstić information content (AvgIpc) is 2.74. The van der Waals surface area contributed by atoms with Crippen LogP contribution in [0.2, 0.25) is 0 Å². The van der Waals surface area contributed by atoms with Crippen molar-refractivity contribution in [2.75, 3.05) is 5.32 Å². The van der Waals surface area contributed by atoms with Crippen molar-refractivity contribution in [3.05, 3.63) is 58.5 Å². The molecular weight excluding hydrogens is 404 g/mol. The SMILES string of the molecule is CCC(CC)Cn1c(=O)c(C2=NS(=O)(=O)c3ccccc3N2)c(O)c2cccnc21. The number of amidine groups is 1. The van der Waals surface area contributed by atoms with Crippen LogP contribution in [0.5, 0.6) is 5.75 Å². The lowest BCUT2D eigenvalue weighted by Crippen LogP contribution is -2.34. The molecule has 0 radical (unpaired) electrons.